The van der Waals surface area contributed by atoms with E-state index in [9.17, 15) is 4.79 Å². The van der Waals surface area contributed by atoms with Gasteiger partial charge in [-0.2, -0.15) is 5.10 Å². The fourth-order valence-corrected chi connectivity index (χ4v) is 3.01. The van der Waals surface area contributed by atoms with E-state index in [1.165, 1.54) is 0 Å². The van der Waals surface area contributed by atoms with Crippen molar-refractivity contribution in [1.82, 2.24) is 15.3 Å². The van der Waals surface area contributed by atoms with Crippen LogP contribution in [-0.4, -0.2) is 36.5 Å². The standard InChI is InChI=1S/C22H25N3O4/c1-6-29-24-22(26)20-13-18(17-10-9-16(27-4)12-21(17)28-5)23-25(20)19-11-14(2)7-8-15(19)3/h7-13H,6H2,1-5H3,(H,24,26). The van der Waals surface area contributed by atoms with Crippen LogP contribution in [0.2, 0.25) is 0 Å². The first kappa shape index (κ1) is 20.4. The molecule has 2 aromatic carbocycles. The predicted molar refractivity (Wildman–Crippen MR) is 111 cm³/mol. The van der Waals surface area contributed by atoms with Gasteiger partial charge in [0, 0.05) is 11.6 Å². The Kier molecular flexibility index (Phi) is 6.19. The van der Waals surface area contributed by atoms with Crippen LogP contribution in [0, 0.1) is 13.8 Å². The Hall–Kier alpha value is -3.32. The third-order valence-electron chi connectivity index (χ3n) is 4.53. The van der Waals surface area contributed by atoms with E-state index in [1.54, 1.807) is 38.0 Å². The van der Waals surface area contributed by atoms with Gasteiger partial charge in [0.2, 0.25) is 0 Å². The van der Waals surface area contributed by atoms with Crippen molar-refractivity contribution in [2.45, 2.75) is 20.8 Å². The average molecular weight is 395 g/mol. The fourth-order valence-electron chi connectivity index (χ4n) is 3.01. The van der Waals surface area contributed by atoms with Gasteiger partial charge in [0.1, 0.15) is 17.2 Å². The number of ether oxygens (including phenoxy) is 2. The van der Waals surface area contributed by atoms with Crippen LogP contribution >= 0.6 is 0 Å². The van der Waals surface area contributed by atoms with E-state index in [-0.39, 0.29) is 5.91 Å². The summed E-state index contributed by atoms with van der Waals surface area (Å²) in [6, 6.07) is 13.2. The summed E-state index contributed by atoms with van der Waals surface area (Å²) in [5.41, 5.74) is 7.06. The van der Waals surface area contributed by atoms with E-state index in [0.29, 0.717) is 29.5 Å². The number of hydrogen-bond acceptors (Lipinski definition) is 5. The van der Waals surface area contributed by atoms with Gasteiger partial charge in [0.25, 0.3) is 5.91 Å². The van der Waals surface area contributed by atoms with E-state index in [4.69, 9.17) is 19.4 Å². The van der Waals surface area contributed by atoms with E-state index in [2.05, 4.69) is 5.48 Å². The molecule has 0 atom stereocenters. The number of amides is 1. The van der Waals surface area contributed by atoms with Crippen LogP contribution in [0.15, 0.2) is 42.5 Å². The number of hydroxylamine groups is 1. The van der Waals surface area contributed by atoms with Crippen LogP contribution in [0.25, 0.3) is 16.9 Å². The second-order valence-corrected chi connectivity index (χ2v) is 6.55. The number of rotatable bonds is 7. The van der Waals surface area contributed by atoms with Crippen molar-refractivity contribution in [3.63, 3.8) is 0 Å². The van der Waals surface area contributed by atoms with Crippen molar-refractivity contribution in [2.24, 2.45) is 0 Å². The molecular weight excluding hydrogens is 370 g/mol. The maximum atomic E-state index is 12.7. The zero-order valence-electron chi connectivity index (χ0n) is 17.3. The van der Waals surface area contributed by atoms with Gasteiger partial charge >= 0.3 is 0 Å². The number of hydrogen-bond donors (Lipinski definition) is 1. The highest BCUT2D eigenvalue weighted by Crippen LogP contribution is 2.33. The lowest BCUT2D eigenvalue weighted by Crippen LogP contribution is -2.26. The van der Waals surface area contributed by atoms with Gasteiger partial charge in [-0.25, -0.2) is 10.2 Å². The number of aryl methyl sites for hydroxylation is 2. The molecular formula is C22H25N3O4. The molecule has 0 aliphatic rings. The molecule has 0 aliphatic heterocycles. The highest BCUT2D eigenvalue weighted by atomic mass is 16.6. The lowest BCUT2D eigenvalue weighted by Gasteiger charge is -2.11. The van der Waals surface area contributed by atoms with Crippen molar-refractivity contribution in [1.29, 1.82) is 0 Å². The number of nitrogens with zero attached hydrogens (tertiary/aromatic N) is 2. The van der Waals surface area contributed by atoms with E-state index in [0.717, 1.165) is 22.4 Å². The van der Waals surface area contributed by atoms with Crippen molar-refractivity contribution < 1.29 is 19.1 Å². The molecule has 0 spiro atoms. The third-order valence-corrected chi connectivity index (χ3v) is 4.53. The van der Waals surface area contributed by atoms with Crippen molar-refractivity contribution in [3.05, 3.63) is 59.3 Å². The molecule has 3 aromatic rings. The zero-order valence-corrected chi connectivity index (χ0v) is 17.3. The van der Waals surface area contributed by atoms with Crippen molar-refractivity contribution >= 4 is 5.91 Å². The first-order valence-electron chi connectivity index (χ1n) is 9.30. The topological polar surface area (TPSA) is 74.6 Å². The molecule has 0 unspecified atom stereocenters. The molecule has 7 heteroatoms. The number of carbonyl (C=O) groups excluding carboxylic acids is 1. The summed E-state index contributed by atoms with van der Waals surface area (Å²) in [5.74, 6) is 0.902. The minimum absolute atomic E-state index is 0.361. The summed E-state index contributed by atoms with van der Waals surface area (Å²) in [4.78, 5) is 17.8. The third kappa shape index (κ3) is 4.25. The molecule has 0 fully saturated rings. The Bertz CT molecular complexity index is 1030. The molecule has 0 saturated heterocycles. The smallest absolute Gasteiger partial charge is 0.293 e. The monoisotopic (exact) mass is 395 g/mol. The molecule has 1 amide bonds. The lowest BCUT2D eigenvalue weighted by atomic mass is 10.1. The Morgan fingerprint density at radius 1 is 1.07 bits per heavy atom. The maximum absolute atomic E-state index is 12.7. The Balaban J connectivity index is 2.17. The van der Waals surface area contributed by atoms with Gasteiger partial charge in [-0.15, -0.1) is 0 Å². The number of benzene rings is 2. The van der Waals surface area contributed by atoms with E-state index >= 15 is 0 Å². The van der Waals surface area contributed by atoms with Gasteiger partial charge in [-0.1, -0.05) is 12.1 Å². The van der Waals surface area contributed by atoms with Gasteiger partial charge < -0.3 is 9.47 Å². The van der Waals surface area contributed by atoms with Gasteiger partial charge in [-0.05, 0) is 56.2 Å². The quantitative estimate of drug-likeness (QED) is 0.615. The maximum Gasteiger partial charge on any atom is 0.293 e. The second-order valence-electron chi connectivity index (χ2n) is 6.55. The summed E-state index contributed by atoms with van der Waals surface area (Å²) >= 11 is 0. The predicted octanol–water partition coefficient (Wildman–Crippen LogP) is 3.85. The largest absolute Gasteiger partial charge is 0.497 e. The molecule has 1 aromatic heterocycles. The molecule has 0 aliphatic carbocycles. The normalized spacial score (nSPS) is 10.7. The Labute approximate surface area is 170 Å². The number of aromatic nitrogens is 2. The summed E-state index contributed by atoms with van der Waals surface area (Å²) < 4.78 is 12.4. The first-order chi connectivity index (χ1) is 14.0. The highest BCUT2D eigenvalue weighted by Gasteiger charge is 2.21. The van der Waals surface area contributed by atoms with Crippen molar-refractivity contribution in [3.8, 4) is 28.4 Å². The fraction of sp³-hybridized carbons (Fsp3) is 0.273. The molecule has 1 heterocycles. The molecule has 0 saturated carbocycles. The minimum Gasteiger partial charge on any atom is -0.497 e. The second kappa shape index (κ2) is 8.79. The van der Waals surface area contributed by atoms with Gasteiger partial charge in [0.15, 0.2) is 0 Å². The molecule has 0 bridgehead atoms. The van der Waals surface area contributed by atoms with E-state index < -0.39 is 0 Å². The zero-order chi connectivity index (χ0) is 21.0. The molecule has 1 N–H and O–H groups in total. The van der Waals surface area contributed by atoms with Crippen LogP contribution in [0.1, 0.15) is 28.5 Å². The molecule has 152 valence electrons. The Morgan fingerprint density at radius 2 is 1.86 bits per heavy atom. The van der Waals surface area contributed by atoms with Crippen LogP contribution in [0.3, 0.4) is 0 Å². The number of carbonyl (C=O) groups is 1. The lowest BCUT2D eigenvalue weighted by molar-refractivity contribution is 0.0357. The van der Waals surface area contributed by atoms with Crippen LogP contribution in [0.4, 0.5) is 0 Å². The van der Waals surface area contributed by atoms with Gasteiger partial charge in [0.05, 0.1) is 32.2 Å². The van der Waals surface area contributed by atoms with E-state index in [1.807, 2.05) is 44.2 Å². The SMILES string of the molecule is CCONC(=O)c1cc(-c2ccc(OC)cc2OC)nn1-c1cc(C)ccc1C. The average Bonchev–Trinajstić information content (AvgIpc) is 3.18. The summed E-state index contributed by atoms with van der Waals surface area (Å²) in [6.07, 6.45) is 0. The van der Waals surface area contributed by atoms with Gasteiger partial charge in [-0.3, -0.25) is 9.63 Å². The summed E-state index contributed by atoms with van der Waals surface area (Å²) in [6.45, 7) is 6.15. The first-order valence-corrected chi connectivity index (χ1v) is 9.30. The highest BCUT2D eigenvalue weighted by molar-refractivity contribution is 5.94. The summed E-state index contributed by atoms with van der Waals surface area (Å²) in [7, 11) is 3.18. The molecule has 3 rings (SSSR count). The van der Waals surface area contributed by atoms with Crippen molar-refractivity contribution in [2.75, 3.05) is 20.8 Å². The summed E-state index contributed by atoms with van der Waals surface area (Å²) in [5, 5.41) is 4.73. The van der Waals surface area contributed by atoms with Crippen LogP contribution in [-0.2, 0) is 4.84 Å². The van der Waals surface area contributed by atoms with Crippen LogP contribution in [0.5, 0.6) is 11.5 Å². The number of nitrogens with one attached hydrogen (secondary N) is 1. The molecule has 0 radical (unpaired) electrons. The minimum atomic E-state index is -0.376. The number of methoxy groups -OCH3 is 2. The molecule has 7 nitrogen and oxygen atoms in total. The Morgan fingerprint density at radius 3 is 2.55 bits per heavy atom. The van der Waals surface area contributed by atoms with Crippen LogP contribution < -0.4 is 15.0 Å². The molecule has 29 heavy (non-hydrogen) atoms.